The second-order valence-electron chi connectivity index (χ2n) is 6.14. The summed E-state index contributed by atoms with van der Waals surface area (Å²) in [5.74, 6) is -0.185. The summed E-state index contributed by atoms with van der Waals surface area (Å²) in [4.78, 5) is 12.5. The summed E-state index contributed by atoms with van der Waals surface area (Å²) in [5.41, 5.74) is 7.42. The molecule has 0 atom stereocenters. The fourth-order valence-corrected chi connectivity index (χ4v) is 3.55. The topological polar surface area (TPSA) is 29.1 Å². The number of benzene rings is 3. The predicted octanol–water partition coefficient (Wildman–Crippen LogP) is 5.47. The zero-order valence-electron chi connectivity index (χ0n) is 13.3. The molecule has 118 valence electrons. The molecule has 3 aromatic rings. The molecule has 0 radical (unpaired) electrons. The first-order chi connectivity index (χ1) is 11.6. The van der Waals surface area contributed by atoms with E-state index in [0.29, 0.717) is 10.6 Å². The number of carbonyl (C=O) groups is 1. The minimum Gasteiger partial charge on any atom is -0.322 e. The monoisotopic (exact) mass is 333 g/mol. The second kappa shape index (κ2) is 5.81. The number of carbonyl (C=O) groups excluding carboxylic acids is 1. The van der Waals surface area contributed by atoms with E-state index < -0.39 is 0 Å². The molecule has 0 aliphatic heterocycles. The molecule has 3 aromatic carbocycles. The lowest BCUT2D eigenvalue weighted by molar-refractivity contribution is 0.102. The number of rotatable bonds is 2. The molecule has 0 saturated heterocycles. The fraction of sp³-hybridized carbons (Fsp3) is 0.0952. The molecule has 0 bridgehead atoms. The van der Waals surface area contributed by atoms with Crippen LogP contribution in [0.5, 0.6) is 0 Å². The molecular weight excluding hydrogens is 318 g/mol. The summed E-state index contributed by atoms with van der Waals surface area (Å²) < 4.78 is 0. The van der Waals surface area contributed by atoms with Crippen LogP contribution in [0.25, 0.3) is 11.1 Å². The zero-order chi connectivity index (χ0) is 16.7. The van der Waals surface area contributed by atoms with Gasteiger partial charge in [0.15, 0.2) is 0 Å². The normalized spacial score (nSPS) is 11.8. The number of hydrogen-bond donors (Lipinski definition) is 1. The van der Waals surface area contributed by atoms with Crippen LogP contribution in [0.1, 0.15) is 27.0 Å². The summed E-state index contributed by atoms with van der Waals surface area (Å²) in [5, 5.41) is 3.42. The molecule has 2 nitrogen and oxygen atoms in total. The number of amides is 1. The van der Waals surface area contributed by atoms with Crippen LogP contribution in [0.4, 0.5) is 5.69 Å². The minimum absolute atomic E-state index is 0.185. The van der Waals surface area contributed by atoms with Gasteiger partial charge in [-0.05, 0) is 65.4 Å². The SMILES string of the molecule is Cc1ccc(C(=O)Nc2ccc3c(c2)Cc2ccccc2-3)c(Cl)c1. The molecular formula is C21H16ClNO. The molecule has 0 heterocycles. The summed E-state index contributed by atoms with van der Waals surface area (Å²) in [7, 11) is 0. The van der Waals surface area contributed by atoms with Crippen molar-refractivity contribution < 1.29 is 4.79 Å². The number of anilines is 1. The Bertz CT molecular complexity index is 962. The molecule has 1 N–H and O–H groups in total. The highest BCUT2D eigenvalue weighted by molar-refractivity contribution is 6.34. The second-order valence-corrected chi connectivity index (χ2v) is 6.55. The van der Waals surface area contributed by atoms with E-state index in [-0.39, 0.29) is 5.91 Å². The highest BCUT2D eigenvalue weighted by Gasteiger charge is 2.18. The van der Waals surface area contributed by atoms with Crippen LogP contribution in [-0.4, -0.2) is 5.91 Å². The maximum Gasteiger partial charge on any atom is 0.257 e. The summed E-state index contributed by atoms with van der Waals surface area (Å²) in [6.45, 7) is 1.95. The van der Waals surface area contributed by atoms with Crippen LogP contribution in [0, 0.1) is 6.92 Å². The van der Waals surface area contributed by atoms with Crippen molar-refractivity contribution in [3.05, 3.63) is 87.9 Å². The van der Waals surface area contributed by atoms with Crippen molar-refractivity contribution in [2.75, 3.05) is 5.32 Å². The molecule has 1 aliphatic carbocycles. The van der Waals surface area contributed by atoms with Gasteiger partial charge in [-0.3, -0.25) is 4.79 Å². The summed E-state index contributed by atoms with van der Waals surface area (Å²) in [6.07, 6.45) is 0.903. The Morgan fingerprint density at radius 1 is 0.958 bits per heavy atom. The van der Waals surface area contributed by atoms with Crippen molar-refractivity contribution >= 4 is 23.2 Å². The van der Waals surface area contributed by atoms with E-state index in [1.54, 1.807) is 12.1 Å². The van der Waals surface area contributed by atoms with Crippen LogP contribution in [-0.2, 0) is 6.42 Å². The molecule has 3 heteroatoms. The van der Waals surface area contributed by atoms with Crippen molar-refractivity contribution in [1.82, 2.24) is 0 Å². The van der Waals surface area contributed by atoms with Gasteiger partial charge in [-0.2, -0.15) is 0 Å². The molecule has 4 rings (SSSR count). The highest BCUT2D eigenvalue weighted by atomic mass is 35.5. The Morgan fingerprint density at radius 3 is 2.58 bits per heavy atom. The van der Waals surface area contributed by atoms with Crippen molar-refractivity contribution in [2.24, 2.45) is 0 Å². The number of hydrogen-bond acceptors (Lipinski definition) is 1. The standard InChI is InChI=1S/C21H16ClNO/c1-13-6-8-19(20(22)10-13)21(24)23-16-7-9-18-15(12-16)11-14-4-2-3-5-17(14)18/h2-10,12H,11H2,1H3,(H,23,24). The van der Waals surface area contributed by atoms with Gasteiger partial charge in [0, 0.05) is 5.69 Å². The van der Waals surface area contributed by atoms with Crippen LogP contribution in [0.15, 0.2) is 60.7 Å². The molecule has 1 aliphatic rings. The van der Waals surface area contributed by atoms with Gasteiger partial charge in [0.25, 0.3) is 5.91 Å². The Balaban J connectivity index is 1.61. The van der Waals surface area contributed by atoms with Crippen molar-refractivity contribution in [1.29, 1.82) is 0 Å². The van der Waals surface area contributed by atoms with Crippen molar-refractivity contribution in [3.63, 3.8) is 0 Å². The molecule has 24 heavy (non-hydrogen) atoms. The first kappa shape index (κ1) is 15.0. The quantitative estimate of drug-likeness (QED) is 0.517. The van der Waals surface area contributed by atoms with Crippen LogP contribution < -0.4 is 5.32 Å². The predicted molar refractivity (Wildman–Crippen MR) is 98.8 cm³/mol. The summed E-state index contributed by atoms with van der Waals surface area (Å²) in [6, 6.07) is 19.9. The van der Waals surface area contributed by atoms with E-state index in [1.165, 1.54) is 22.3 Å². The molecule has 1 amide bonds. The van der Waals surface area contributed by atoms with Crippen molar-refractivity contribution in [2.45, 2.75) is 13.3 Å². The van der Waals surface area contributed by atoms with Gasteiger partial charge in [0.2, 0.25) is 0 Å². The molecule has 0 aromatic heterocycles. The Morgan fingerprint density at radius 2 is 1.75 bits per heavy atom. The maximum absolute atomic E-state index is 12.5. The van der Waals surface area contributed by atoms with Crippen LogP contribution in [0.3, 0.4) is 0 Å². The Kier molecular flexibility index (Phi) is 3.62. The third-order valence-electron chi connectivity index (χ3n) is 4.42. The van der Waals surface area contributed by atoms with Gasteiger partial charge in [0.1, 0.15) is 0 Å². The molecule has 0 fully saturated rings. The van der Waals surface area contributed by atoms with E-state index in [0.717, 1.165) is 17.7 Å². The third-order valence-corrected chi connectivity index (χ3v) is 4.73. The van der Waals surface area contributed by atoms with E-state index in [2.05, 4.69) is 41.7 Å². The number of fused-ring (bicyclic) bond motifs is 3. The number of aryl methyl sites for hydroxylation is 1. The van der Waals surface area contributed by atoms with Gasteiger partial charge in [0.05, 0.1) is 10.6 Å². The third kappa shape index (κ3) is 2.59. The van der Waals surface area contributed by atoms with E-state index in [9.17, 15) is 4.79 Å². The first-order valence-corrected chi connectivity index (χ1v) is 8.28. The lowest BCUT2D eigenvalue weighted by Crippen LogP contribution is -2.12. The average Bonchev–Trinajstić information content (AvgIpc) is 2.92. The summed E-state index contributed by atoms with van der Waals surface area (Å²) >= 11 is 6.18. The maximum atomic E-state index is 12.5. The largest absolute Gasteiger partial charge is 0.322 e. The van der Waals surface area contributed by atoms with Gasteiger partial charge in [-0.25, -0.2) is 0 Å². The van der Waals surface area contributed by atoms with Crippen molar-refractivity contribution in [3.8, 4) is 11.1 Å². The van der Waals surface area contributed by atoms with E-state index in [1.807, 2.05) is 19.1 Å². The number of nitrogens with one attached hydrogen (secondary N) is 1. The molecule has 0 saturated carbocycles. The lowest BCUT2D eigenvalue weighted by Gasteiger charge is -2.09. The highest BCUT2D eigenvalue weighted by Crippen LogP contribution is 2.37. The van der Waals surface area contributed by atoms with E-state index >= 15 is 0 Å². The minimum atomic E-state index is -0.185. The van der Waals surface area contributed by atoms with Gasteiger partial charge in [-0.15, -0.1) is 0 Å². The Labute approximate surface area is 146 Å². The Hall–Kier alpha value is -2.58. The van der Waals surface area contributed by atoms with Gasteiger partial charge >= 0.3 is 0 Å². The smallest absolute Gasteiger partial charge is 0.257 e. The van der Waals surface area contributed by atoms with Gasteiger partial charge in [-0.1, -0.05) is 48.0 Å². The van der Waals surface area contributed by atoms with Gasteiger partial charge < -0.3 is 5.32 Å². The first-order valence-electron chi connectivity index (χ1n) is 7.90. The zero-order valence-corrected chi connectivity index (χ0v) is 14.0. The molecule has 0 unspecified atom stereocenters. The average molecular weight is 334 g/mol. The number of halogens is 1. The molecule has 0 spiro atoms. The van der Waals surface area contributed by atoms with Crippen LogP contribution >= 0.6 is 11.6 Å². The van der Waals surface area contributed by atoms with Crippen LogP contribution in [0.2, 0.25) is 5.02 Å². The van der Waals surface area contributed by atoms with E-state index in [4.69, 9.17) is 11.6 Å². The lowest BCUT2D eigenvalue weighted by atomic mass is 10.1. The fourth-order valence-electron chi connectivity index (χ4n) is 3.23.